The first-order chi connectivity index (χ1) is 6.88. The van der Waals surface area contributed by atoms with Crippen LogP contribution in [0.25, 0.3) is 0 Å². The standard InChI is InChI=1S/C11H15NO2/c13-11(9-4-2-1-3-5-9)10-8-12-6-7-14-10/h1-5,10-13H,6-8H2/t10-,11?/m1/s1. The van der Waals surface area contributed by atoms with Crippen LogP contribution in [0, 0.1) is 0 Å². The van der Waals surface area contributed by atoms with Crippen molar-refractivity contribution in [1.29, 1.82) is 0 Å². The highest BCUT2D eigenvalue weighted by Crippen LogP contribution is 2.19. The molecule has 0 amide bonds. The van der Waals surface area contributed by atoms with Gasteiger partial charge in [0.1, 0.15) is 6.10 Å². The molecule has 1 aliphatic rings. The zero-order valence-electron chi connectivity index (χ0n) is 8.02. The van der Waals surface area contributed by atoms with E-state index >= 15 is 0 Å². The van der Waals surface area contributed by atoms with Gasteiger partial charge in [-0.3, -0.25) is 0 Å². The van der Waals surface area contributed by atoms with Gasteiger partial charge >= 0.3 is 0 Å². The summed E-state index contributed by atoms with van der Waals surface area (Å²) in [4.78, 5) is 0. The van der Waals surface area contributed by atoms with Crippen LogP contribution in [0.5, 0.6) is 0 Å². The van der Waals surface area contributed by atoms with Gasteiger partial charge in [-0.2, -0.15) is 0 Å². The summed E-state index contributed by atoms with van der Waals surface area (Å²) in [6.07, 6.45) is -0.643. The van der Waals surface area contributed by atoms with E-state index in [2.05, 4.69) is 5.32 Å². The van der Waals surface area contributed by atoms with Gasteiger partial charge in [0, 0.05) is 13.1 Å². The summed E-state index contributed by atoms with van der Waals surface area (Å²) in [5, 5.41) is 13.2. The van der Waals surface area contributed by atoms with Crippen molar-refractivity contribution < 1.29 is 9.84 Å². The van der Waals surface area contributed by atoms with Crippen LogP contribution in [0.4, 0.5) is 0 Å². The van der Waals surface area contributed by atoms with E-state index in [9.17, 15) is 5.11 Å². The Bertz CT molecular complexity index is 270. The van der Waals surface area contributed by atoms with Crippen molar-refractivity contribution in [2.45, 2.75) is 12.2 Å². The minimum absolute atomic E-state index is 0.119. The SMILES string of the molecule is OC(c1ccccc1)[C@H]1CNCCO1. The molecule has 1 saturated heterocycles. The summed E-state index contributed by atoms with van der Waals surface area (Å²) in [5.41, 5.74) is 0.918. The highest BCUT2D eigenvalue weighted by atomic mass is 16.5. The fraction of sp³-hybridized carbons (Fsp3) is 0.455. The molecule has 76 valence electrons. The maximum Gasteiger partial charge on any atom is 0.106 e. The Morgan fingerprint density at radius 2 is 2.14 bits per heavy atom. The second kappa shape index (κ2) is 4.55. The van der Waals surface area contributed by atoms with Crippen LogP contribution in [0.15, 0.2) is 30.3 Å². The summed E-state index contributed by atoms with van der Waals surface area (Å²) in [5.74, 6) is 0. The molecule has 0 aliphatic carbocycles. The minimum Gasteiger partial charge on any atom is -0.386 e. The monoisotopic (exact) mass is 193 g/mol. The van der Waals surface area contributed by atoms with E-state index in [0.29, 0.717) is 6.61 Å². The van der Waals surface area contributed by atoms with Crippen molar-refractivity contribution in [3.8, 4) is 0 Å². The highest BCUT2D eigenvalue weighted by Gasteiger charge is 2.23. The zero-order chi connectivity index (χ0) is 9.80. The fourth-order valence-corrected chi connectivity index (χ4v) is 1.65. The van der Waals surface area contributed by atoms with E-state index in [1.54, 1.807) is 0 Å². The third-order valence-electron chi connectivity index (χ3n) is 2.45. The Morgan fingerprint density at radius 3 is 2.79 bits per heavy atom. The molecule has 2 rings (SSSR count). The Hall–Kier alpha value is -0.900. The van der Waals surface area contributed by atoms with E-state index in [-0.39, 0.29) is 6.10 Å². The molecule has 1 aliphatic heterocycles. The minimum atomic E-state index is -0.524. The summed E-state index contributed by atoms with van der Waals surface area (Å²) in [7, 11) is 0. The lowest BCUT2D eigenvalue weighted by Gasteiger charge is -2.27. The first kappa shape index (κ1) is 9.65. The number of nitrogens with one attached hydrogen (secondary N) is 1. The average molecular weight is 193 g/mol. The second-order valence-corrected chi connectivity index (χ2v) is 3.47. The van der Waals surface area contributed by atoms with Gasteiger partial charge < -0.3 is 15.2 Å². The number of morpholine rings is 1. The Labute approximate surface area is 83.7 Å². The average Bonchev–Trinajstić information content (AvgIpc) is 2.30. The number of rotatable bonds is 2. The smallest absolute Gasteiger partial charge is 0.106 e. The number of aliphatic hydroxyl groups excluding tert-OH is 1. The van der Waals surface area contributed by atoms with Crippen LogP contribution in [-0.2, 0) is 4.74 Å². The second-order valence-electron chi connectivity index (χ2n) is 3.47. The third-order valence-corrected chi connectivity index (χ3v) is 2.45. The number of benzene rings is 1. The fourth-order valence-electron chi connectivity index (χ4n) is 1.65. The van der Waals surface area contributed by atoms with Crippen molar-refractivity contribution in [2.75, 3.05) is 19.7 Å². The van der Waals surface area contributed by atoms with Crippen LogP contribution in [0.3, 0.4) is 0 Å². The summed E-state index contributed by atoms with van der Waals surface area (Å²) in [6, 6.07) is 9.63. The van der Waals surface area contributed by atoms with E-state index < -0.39 is 6.10 Å². The van der Waals surface area contributed by atoms with Gasteiger partial charge in [0.05, 0.1) is 12.7 Å². The highest BCUT2D eigenvalue weighted by molar-refractivity contribution is 5.18. The number of ether oxygens (including phenoxy) is 1. The van der Waals surface area contributed by atoms with Crippen LogP contribution >= 0.6 is 0 Å². The molecule has 2 atom stereocenters. The van der Waals surface area contributed by atoms with Crippen molar-refractivity contribution in [3.63, 3.8) is 0 Å². The molecule has 1 fully saturated rings. The number of aliphatic hydroxyl groups is 1. The molecule has 14 heavy (non-hydrogen) atoms. The van der Waals surface area contributed by atoms with Gasteiger partial charge in [-0.25, -0.2) is 0 Å². The summed E-state index contributed by atoms with van der Waals surface area (Å²) < 4.78 is 5.48. The van der Waals surface area contributed by atoms with Gasteiger partial charge in [-0.05, 0) is 5.56 Å². The predicted molar refractivity (Wildman–Crippen MR) is 54.0 cm³/mol. The van der Waals surface area contributed by atoms with Crippen molar-refractivity contribution in [2.24, 2.45) is 0 Å². The molecular formula is C11H15NO2. The molecule has 0 spiro atoms. The molecule has 1 unspecified atom stereocenters. The van der Waals surface area contributed by atoms with Gasteiger partial charge in [0.2, 0.25) is 0 Å². The van der Waals surface area contributed by atoms with Crippen LogP contribution in [-0.4, -0.2) is 30.9 Å². The van der Waals surface area contributed by atoms with Crippen LogP contribution in [0.2, 0.25) is 0 Å². The number of hydrogen-bond donors (Lipinski definition) is 2. The lowest BCUT2D eigenvalue weighted by Crippen LogP contribution is -2.41. The van der Waals surface area contributed by atoms with Crippen LogP contribution in [0.1, 0.15) is 11.7 Å². The molecule has 0 saturated carbocycles. The molecule has 0 radical (unpaired) electrons. The summed E-state index contributed by atoms with van der Waals surface area (Å²) in [6.45, 7) is 2.27. The molecule has 3 nitrogen and oxygen atoms in total. The Kier molecular flexibility index (Phi) is 3.14. The summed E-state index contributed by atoms with van der Waals surface area (Å²) >= 11 is 0. The third kappa shape index (κ3) is 2.12. The first-order valence-electron chi connectivity index (χ1n) is 4.93. The van der Waals surface area contributed by atoms with Crippen molar-refractivity contribution >= 4 is 0 Å². The largest absolute Gasteiger partial charge is 0.386 e. The van der Waals surface area contributed by atoms with E-state index in [1.807, 2.05) is 30.3 Å². The van der Waals surface area contributed by atoms with Gasteiger partial charge in [-0.1, -0.05) is 30.3 Å². The lowest BCUT2D eigenvalue weighted by molar-refractivity contribution is -0.0536. The predicted octanol–water partition coefficient (Wildman–Crippen LogP) is 0.708. The molecule has 0 bridgehead atoms. The normalized spacial score (nSPS) is 24.5. The van der Waals surface area contributed by atoms with Gasteiger partial charge in [0.15, 0.2) is 0 Å². The molecule has 1 heterocycles. The molecule has 0 aromatic heterocycles. The van der Waals surface area contributed by atoms with Crippen LogP contribution < -0.4 is 5.32 Å². The van der Waals surface area contributed by atoms with E-state index in [4.69, 9.17) is 4.74 Å². The molecule has 1 aromatic carbocycles. The quantitative estimate of drug-likeness (QED) is 0.726. The molecule has 1 aromatic rings. The van der Waals surface area contributed by atoms with Crippen molar-refractivity contribution in [1.82, 2.24) is 5.32 Å². The first-order valence-corrected chi connectivity index (χ1v) is 4.93. The molecule has 2 N–H and O–H groups in total. The van der Waals surface area contributed by atoms with E-state index in [0.717, 1.165) is 18.7 Å². The molecular weight excluding hydrogens is 178 g/mol. The molecule has 3 heteroatoms. The van der Waals surface area contributed by atoms with Gasteiger partial charge in [-0.15, -0.1) is 0 Å². The maximum atomic E-state index is 9.98. The number of hydrogen-bond acceptors (Lipinski definition) is 3. The lowest BCUT2D eigenvalue weighted by atomic mass is 10.0. The Balaban J connectivity index is 2.03. The topological polar surface area (TPSA) is 41.5 Å². The maximum absolute atomic E-state index is 9.98. The Morgan fingerprint density at radius 1 is 1.36 bits per heavy atom. The van der Waals surface area contributed by atoms with E-state index in [1.165, 1.54) is 0 Å². The van der Waals surface area contributed by atoms with Gasteiger partial charge in [0.25, 0.3) is 0 Å². The van der Waals surface area contributed by atoms with Crippen molar-refractivity contribution in [3.05, 3.63) is 35.9 Å². The zero-order valence-corrected chi connectivity index (χ0v) is 8.02.